The van der Waals surface area contributed by atoms with Crippen molar-refractivity contribution in [3.8, 4) is 0 Å². The van der Waals surface area contributed by atoms with Gasteiger partial charge in [-0.3, -0.25) is 0 Å². The second kappa shape index (κ2) is 7.30. The van der Waals surface area contributed by atoms with Gasteiger partial charge < -0.3 is 9.64 Å². The molecule has 1 amide bonds. The first-order valence-electron chi connectivity index (χ1n) is 9.03. The molecule has 3 nitrogen and oxygen atoms in total. The molecule has 1 atom stereocenters. The number of carbonyl (C=O) groups excluding carboxylic acids is 1. The van der Waals surface area contributed by atoms with Crippen LogP contribution in [0.25, 0.3) is 0 Å². The Labute approximate surface area is 150 Å². The molecule has 2 aromatic rings. The Balaban J connectivity index is 1.66. The lowest BCUT2D eigenvalue weighted by Gasteiger charge is -2.25. The van der Waals surface area contributed by atoms with Crippen molar-refractivity contribution in [2.45, 2.75) is 51.7 Å². The summed E-state index contributed by atoms with van der Waals surface area (Å²) in [6, 6.07) is 18.6. The monoisotopic (exact) mass is 337 g/mol. The Hall–Kier alpha value is -2.29. The van der Waals surface area contributed by atoms with E-state index in [1.54, 1.807) is 0 Å². The Kier molecular flexibility index (Phi) is 5.12. The molecule has 2 aromatic carbocycles. The Morgan fingerprint density at radius 2 is 1.76 bits per heavy atom. The minimum absolute atomic E-state index is 0.122. The Morgan fingerprint density at radius 3 is 2.40 bits per heavy atom. The van der Waals surface area contributed by atoms with Gasteiger partial charge in [-0.1, -0.05) is 75.4 Å². The van der Waals surface area contributed by atoms with E-state index in [4.69, 9.17) is 4.74 Å². The SMILES string of the molecule is CC(C)(C)c1ccc(C2CCCN2C(=O)OCc2ccccc2)cc1. The van der Waals surface area contributed by atoms with Gasteiger partial charge in [-0.2, -0.15) is 0 Å². The van der Waals surface area contributed by atoms with Crippen LogP contribution in [-0.4, -0.2) is 17.5 Å². The van der Waals surface area contributed by atoms with Crippen molar-refractivity contribution in [1.29, 1.82) is 0 Å². The molecule has 1 unspecified atom stereocenters. The molecular weight excluding hydrogens is 310 g/mol. The number of hydrogen-bond donors (Lipinski definition) is 0. The normalized spacial score (nSPS) is 17.6. The maximum atomic E-state index is 12.5. The molecule has 0 bridgehead atoms. The van der Waals surface area contributed by atoms with Crippen LogP contribution in [0.1, 0.15) is 56.3 Å². The second-order valence-corrected chi connectivity index (χ2v) is 7.76. The molecule has 1 saturated heterocycles. The lowest BCUT2D eigenvalue weighted by Crippen LogP contribution is -2.31. The Bertz CT molecular complexity index is 701. The van der Waals surface area contributed by atoms with Crippen LogP contribution in [0.3, 0.4) is 0 Å². The van der Waals surface area contributed by atoms with Crippen LogP contribution in [0.15, 0.2) is 54.6 Å². The van der Waals surface area contributed by atoms with Crippen molar-refractivity contribution in [3.05, 3.63) is 71.3 Å². The summed E-state index contributed by atoms with van der Waals surface area (Å²) in [6.45, 7) is 7.73. The van der Waals surface area contributed by atoms with Gasteiger partial charge in [0.2, 0.25) is 0 Å². The predicted molar refractivity (Wildman–Crippen MR) is 100 cm³/mol. The predicted octanol–water partition coefficient (Wildman–Crippen LogP) is 5.46. The van der Waals surface area contributed by atoms with E-state index < -0.39 is 0 Å². The molecule has 0 spiro atoms. The van der Waals surface area contributed by atoms with E-state index in [9.17, 15) is 4.79 Å². The number of ether oxygens (including phenoxy) is 1. The van der Waals surface area contributed by atoms with E-state index in [1.807, 2.05) is 35.2 Å². The van der Waals surface area contributed by atoms with Gasteiger partial charge in [0.1, 0.15) is 6.61 Å². The van der Waals surface area contributed by atoms with Crippen LogP contribution < -0.4 is 0 Å². The number of amides is 1. The number of hydrogen-bond acceptors (Lipinski definition) is 2. The summed E-state index contributed by atoms with van der Waals surface area (Å²) < 4.78 is 5.53. The summed E-state index contributed by atoms with van der Waals surface area (Å²) in [5, 5.41) is 0. The number of carbonyl (C=O) groups is 1. The van der Waals surface area contributed by atoms with Gasteiger partial charge in [0.15, 0.2) is 0 Å². The zero-order valence-corrected chi connectivity index (χ0v) is 15.4. The van der Waals surface area contributed by atoms with Crippen molar-refractivity contribution in [1.82, 2.24) is 4.90 Å². The summed E-state index contributed by atoms with van der Waals surface area (Å²) in [4.78, 5) is 14.4. The highest BCUT2D eigenvalue weighted by Gasteiger charge is 2.31. The maximum Gasteiger partial charge on any atom is 0.410 e. The van der Waals surface area contributed by atoms with E-state index in [0.29, 0.717) is 6.61 Å². The van der Waals surface area contributed by atoms with Gasteiger partial charge in [-0.05, 0) is 34.9 Å². The van der Waals surface area contributed by atoms with E-state index in [-0.39, 0.29) is 17.6 Å². The van der Waals surface area contributed by atoms with Crippen LogP contribution in [0, 0.1) is 0 Å². The summed E-state index contributed by atoms with van der Waals surface area (Å²) in [5.41, 5.74) is 3.67. The van der Waals surface area contributed by atoms with Crippen molar-refractivity contribution in [3.63, 3.8) is 0 Å². The van der Waals surface area contributed by atoms with Crippen LogP contribution in [0.2, 0.25) is 0 Å². The lowest BCUT2D eigenvalue weighted by atomic mass is 9.86. The minimum atomic E-state index is -0.216. The highest BCUT2D eigenvalue weighted by atomic mass is 16.6. The van der Waals surface area contributed by atoms with E-state index in [2.05, 4.69) is 45.0 Å². The van der Waals surface area contributed by atoms with E-state index in [0.717, 1.165) is 24.9 Å². The summed E-state index contributed by atoms with van der Waals surface area (Å²) >= 11 is 0. The third-order valence-corrected chi connectivity index (χ3v) is 4.85. The molecule has 0 radical (unpaired) electrons. The molecule has 0 N–H and O–H groups in total. The molecule has 1 fully saturated rings. The molecule has 0 aromatic heterocycles. The standard InChI is InChI=1S/C22H27NO2/c1-22(2,3)19-13-11-18(12-14-19)20-10-7-15-23(20)21(24)25-16-17-8-5-4-6-9-17/h4-6,8-9,11-14,20H,7,10,15-16H2,1-3H3. The fraction of sp³-hybridized carbons (Fsp3) is 0.409. The van der Waals surface area contributed by atoms with Gasteiger partial charge >= 0.3 is 6.09 Å². The Morgan fingerprint density at radius 1 is 1.08 bits per heavy atom. The van der Waals surface area contributed by atoms with Gasteiger partial charge in [-0.25, -0.2) is 4.79 Å². The van der Waals surface area contributed by atoms with E-state index >= 15 is 0 Å². The summed E-state index contributed by atoms with van der Waals surface area (Å²) in [7, 11) is 0. The number of benzene rings is 2. The molecule has 25 heavy (non-hydrogen) atoms. The molecule has 1 heterocycles. The fourth-order valence-corrected chi connectivity index (χ4v) is 3.34. The quantitative estimate of drug-likeness (QED) is 0.744. The molecule has 3 heteroatoms. The summed E-state index contributed by atoms with van der Waals surface area (Å²) in [6.07, 6.45) is 1.80. The molecule has 0 aliphatic carbocycles. The third kappa shape index (κ3) is 4.22. The third-order valence-electron chi connectivity index (χ3n) is 4.85. The maximum absolute atomic E-state index is 12.5. The van der Waals surface area contributed by atoms with Gasteiger partial charge in [-0.15, -0.1) is 0 Å². The molecular formula is C22H27NO2. The molecule has 1 aliphatic heterocycles. The number of rotatable bonds is 3. The highest BCUT2D eigenvalue weighted by Crippen LogP contribution is 2.33. The zero-order chi connectivity index (χ0) is 17.9. The van der Waals surface area contributed by atoms with Crippen LogP contribution in [0.4, 0.5) is 4.79 Å². The second-order valence-electron chi connectivity index (χ2n) is 7.76. The molecule has 0 saturated carbocycles. The van der Waals surface area contributed by atoms with Crippen molar-refractivity contribution < 1.29 is 9.53 Å². The fourth-order valence-electron chi connectivity index (χ4n) is 3.34. The van der Waals surface area contributed by atoms with Crippen LogP contribution >= 0.6 is 0 Å². The van der Waals surface area contributed by atoms with Gasteiger partial charge in [0, 0.05) is 6.54 Å². The molecule has 1 aliphatic rings. The zero-order valence-electron chi connectivity index (χ0n) is 15.4. The number of likely N-dealkylation sites (tertiary alicyclic amines) is 1. The van der Waals surface area contributed by atoms with E-state index in [1.165, 1.54) is 11.1 Å². The topological polar surface area (TPSA) is 29.5 Å². The van der Waals surface area contributed by atoms with Crippen molar-refractivity contribution in [2.24, 2.45) is 0 Å². The average Bonchev–Trinajstić information content (AvgIpc) is 3.10. The van der Waals surface area contributed by atoms with Crippen LogP contribution in [-0.2, 0) is 16.8 Å². The van der Waals surface area contributed by atoms with Gasteiger partial charge in [0.05, 0.1) is 6.04 Å². The van der Waals surface area contributed by atoms with Crippen LogP contribution in [0.5, 0.6) is 0 Å². The number of nitrogens with zero attached hydrogens (tertiary/aromatic N) is 1. The first kappa shape index (κ1) is 17.5. The molecule has 132 valence electrons. The smallest absolute Gasteiger partial charge is 0.410 e. The first-order chi connectivity index (χ1) is 11.9. The lowest BCUT2D eigenvalue weighted by molar-refractivity contribution is 0.0920. The van der Waals surface area contributed by atoms with Crippen molar-refractivity contribution in [2.75, 3.05) is 6.54 Å². The summed E-state index contributed by atoms with van der Waals surface area (Å²) in [5.74, 6) is 0. The largest absolute Gasteiger partial charge is 0.445 e. The van der Waals surface area contributed by atoms with Gasteiger partial charge in [0.25, 0.3) is 0 Å². The highest BCUT2D eigenvalue weighted by molar-refractivity contribution is 5.68. The minimum Gasteiger partial charge on any atom is -0.445 e. The first-order valence-corrected chi connectivity index (χ1v) is 9.03. The molecule has 3 rings (SSSR count). The van der Waals surface area contributed by atoms with Crippen molar-refractivity contribution >= 4 is 6.09 Å². The average molecular weight is 337 g/mol.